The van der Waals surface area contributed by atoms with E-state index >= 15 is 0 Å². The lowest BCUT2D eigenvalue weighted by molar-refractivity contribution is -0.137. The van der Waals surface area contributed by atoms with E-state index in [9.17, 15) is 18.0 Å². The molecule has 2 aromatic heterocycles. The summed E-state index contributed by atoms with van der Waals surface area (Å²) < 4.78 is 42.8. The number of anilines is 1. The molecule has 1 saturated heterocycles. The molecule has 0 atom stereocenters. The van der Waals surface area contributed by atoms with E-state index in [4.69, 9.17) is 0 Å². The minimum Gasteiger partial charge on any atom is -0.322 e. The number of hydrogen-bond acceptors (Lipinski definition) is 5. The van der Waals surface area contributed by atoms with Crippen molar-refractivity contribution < 1.29 is 18.0 Å². The lowest BCUT2D eigenvalue weighted by atomic mass is 10.0. The number of nitrogens with zero attached hydrogens (tertiary/aromatic N) is 5. The van der Waals surface area contributed by atoms with Gasteiger partial charge in [-0.3, -0.25) is 19.1 Å². The van der Waals surface area contributed by atoms with Crippen LogP contribution in [0.15, 0.2) is 61.2 Å². The van der Waals surface area contributed by atoms with Gasteiger partial charge in [0, 0.05) is 61.9 Å². The second kappa shape index (κ2) is 10.9. The number of carbonyl (C=O) groups is 1. The summed E-state index contributed by atoms with van der Waals surface area (Å²) in [6, 6.07) is 8.78. The number of carbonyl (C=O) groups excluding carboxylic acids is 1. The van der Waals surface area contributed by atoms with Gasteiger partial charge < -0.3 is 10.2 Å². The first-order chi connectivity index (χ1) is 18.7. The normalized spacial score (nSPS) is 14.7. The summed E-state index contributed by atoms with van der Waals surface area (Å²) in [5.41, 5.74) is 2.94. The van der Waals surface area contributed by atoms with Gasteiger partial charge in [-0.1, -0.05) is 12.0 Å². The Morgan fingerprint density at radius 1 is 1.05 bits per heavy atom. The van der Waals surface area contributed by atoms with Crippen molar-refractivity contribution >= 4 is 17.2 Å². The molecule has 1 aliphatic rings. The lowest BCUT2D eigenvalue weighted by Gasteiger charge is -2.32. The number of likely N-dealkylation sites (N-methyl/N-ethyl adjacent to an activating group) is 1. The van der Waals surface area contributed by atoms with E-state index in [-0.39, 0.29) is 5.69 Å². The highest BCUT2D eigenvalue weighted by molar-refractivity contribution is 6.04. The number of aromatic nitrogens is 3. The van der Waals surface area contributed by atoms with Crippen LogP contribution in [0.2, 0.25) is 0 Å². The SMILES string of the molecule is Cc1ccc(C(=O)Nc2cc(CN3CCN(C)CC3)cc(C(F)(F)F)c2)cc1C#Cc1cnc2cnccn12. The Morgan fingerprint density at radius 3 is 2.62 bits per heavy atom. The van der Waals surface area contributed by atoms with Crippen LogP contribution in [0, 0.1) is 18.8 Å². The number of fused-ring (bicyclic) bond motifs is 1. The number of amides is 1. The second-order valence-corrected chi connectivity index (χ2v) is 9.68. The van der Waals surface area contributed by atoms with Crippen molar-refractivity contribution in [2.75, 3.05) is 38.5 Å². The number of piperazine rings is 1. The Kier molecular flexibility index (Phi) is 7.37. The van der Waals surface area contributed by atoms with Gasteiger partial charge in [0.2, 0.25) is 0 Å². The van der Waals surface area contributed by atoms with Crippen molar-refractivity contribution in [3.8, 4) is 11.8 Å². The number of nitrogens with one attached hydrogen (secondary N) is 1. The van der Waals surface area contributed by atoms with Crippen LogP contribution in [0.5, 0.6) is 0 Å². The van der Waals surface area contributed by atoms with Crippen LogP contribution in [-0.2, 0) is 12.7 Å². The minimum atomic E-state index is -4.53. The summed E-state index contributed by atoms with van der Waals surface area (Å²) in [5, 5.41) is 2.66. The highest BCUT2D eigenvalue weighted by Gasteiger charge is 2.31. The molecule has 0 saturated carbocycles. The number of imidazole rings is 1. The average molecular weight is 533 g/mol. The van der Waals surface area contributed by atoms with Gasteiger partial charge in [-0.05, 0) is 61.4 Å². The Hall–Kier alpha value is -4.20. The van der Waals surface area contributed by atoms with Gasteiger partial charge in [0.05, 0.1) is 18.0 Å². The van der Waals surface area contributed by atoms with E-state index in [0.29, 0.717) is 34.6 Å². The van der Waals surface area contributed by atoms with Crippen molar-refractivity contribution in [1.29, 1.82) is 0 Å². The molecule has 0 bridgehead atoms. The van der Waals surface area contributed by atoms with Crippen LogP contribution in [0.4, 0.5) is 18.9 Å². The van der Waals surface area contributed by atoms with Crippen molar-refractivity contribution in [2.45, 2.75) is 19.6 Å². The summed E-state index contributed by atoms with van der Waals surface area (Å²) in [7, 11) is 2.02. The van der Waals surface area contributed by atoms with Crippen LogP contribution in [0.1, 0.15) is 38.3 Å². The summed E-state index contributed by atoms with van der Waals surface area (Å²) in [5.74, 6) is 5.65. The molecule has 0 radical (unpaired) electrons. The highest BCUT2D eigenvalue weighted by Crippen LogP contribution is 2.32. The van der Waals surface area contributed by atoms with Gasteiger partial charge in [0.15, 0.2) is 5.65 Å². The smallest absolute Gasteiger partial charge is 0.322 e. The number of hydrogen-bond donors (Lipinski definition) is 1. The fourth-order valence-electron chi connectivity index (χ4n) is 4.45. The van der Waals surface area contributed by atoms with Gasteiger partial charge in [-0.25, -0.2) is 4.98 Å². The first kappa shape index (κ1) is 26.4. The fraction of sp³-hybridized carbons (Fsp3) is 0.276. The number of aryl methyl sites for hydroxylation is 1. The summed E-state index contributed by atoms with van der Waals surface area (Å²) in [6.45, 7) is 5.51. The van der Waals surface area contributed by atoms with Crippen LogP contribution in [-0.4, -0.2) is 63.3 Å². The molecule has 2 aromatic carbocycles. The largest absolute Gasteiger partial charge is 0.416 e. The number of benzene rings is 2. The molecule has 0 unspecified atom stereocenters. The standard InChI is InChI=1S/C29H27F3N6O/c1-20-3-4-23(15-22(20)5-6-26-17-34-27-18-33-7-8-38(26)27)28(39)35-25-14-21(13-24(16-25)29(30,31)32)19-37-11-9-36(2)10-12-37/h3-4,7-8,13-18H,9-12,19H2,1-2H3,(H,35,39). The zero-order chi connectivity index (χ0) is 27.6. The monoisotopic (exact) mass is 532 g/mol. The highest BCUT2D eigenvalue weighted by atomic mass is 19.4. The third-order valence-corrected chi connectivity index (χ3v) is 6.72. The van der Waals surface area contributed by atoms with Crippen LogP contribution >= 0.6 is 0 Å². The molecule has 1 aliphatic heterocycles. The molecule has 0 aliphatic carbocycles. The van der Waals surface area contributed by atoms with E-state index in [2.05, 4.69) is 36.9 Å². The molecule has 1 fully saturated rings. The first-order valence-electron chi connectivity index (χ1n) is 12.5. The number of halogens is 3. The predicted molar refractivity (Wildman–Crippen MR) is 142 cm³/mol. The van der Waals surface area contributed by atoms with E-state index in [1.54, 1.807) is 53.5 Å². The predicted octanol–water partition coefficient (Wildman–Crippen LogP) is 4.46. The molecule has 7 nitrogen and oxygen atoms in total. The Bertz CT molecular complexity index is 1580. The summed E-state index contributed by atoms with van der Waals surface area (Å²) >= 11 is 0. The molecule has 200 valence electrons. The van der Waals surface area contributed by atoms with Crippen molar-refractivity contribution in [3.63, 3.8) is 0 Å². The Labute approximate surface area is 224 Å². The van der Waals surface area contributed by atoms with Crippen molar-refractivity contribution in [2.24, 2.45) is 0 Å². The lowest BCUT2D eigenvalue weighted by Crippen LogP contribution is -2.43. The Morgan fingerprint density at radius 2 is 1.85 bits per heavy atom. The number of rotatable bonds is 4. The average Bonchev–Trinajstić information content (AvgIpc) is 3.32. The van der Waals surface area contributed by atoms with Gasteiger partial charge in [0.25, 0.3) is 5.91 Å². The van der Waals surface area contributed by atoms with Gasteiger partial charge >= 0.3 is 6.18 Å². The van der Waals surface area contributed by atoms with E-state index in [1.165, 1.54) is 0 Å². The molecule has 5 rings (SSSR count). The number of alkyl halides is 3. The molecular formula is C29H27F3N6O. The van der Waals surface area contributed by atoms with Crippen molar-refractivity contribution in [3.05, 3.63) is 94.7 Å². The first-order valence-corrected chi connectivity index (χ1v) is 12.5. The topological polar surface area (TPSA) is 65.8 Å². The summed E-state index contributed by atoms with van der Waals surface area (Å²) in [6.07, 6.45) is 2.14. The van der Waals surface area contributed by atoms with Crippen LogP contribution in [0.25, 0.3) is 5.65 Å². The Balaban J connectivity index is 1.38. The zero-order valence-corrected chi connectivity index (χ0v) is 21.6. The maximum absolute atomic E-state index is 13.7. The van der Waals surface area contributed by atoms with E-state index in [0.717, 1.165) is 43.9 Å². The second-order valence-electron chi connectivity index (χ2n) is 9.68. The maximum atomic E-state index is 13.7. The molecular weight excluding hydrogens is 505 g/mol. The third-order valence-electron chi connectivity index (χ3n) is 6.72. The zero-order valence-electron chi connectivity index (χ0n) is 21.6. The molecule has 4 aromatic rings. The third kappa shape index (κ3) is 6.28. The molecule has 39 heavy (non-hydrogen) atoms. The minimum absolute atomic E-state index is 0.103. The van der Waals surface area contributed by atoms with Crippen LogP contribution < -0.4 is 5.32 Å². The van der Waals surface area contributed by atoms with Gasteiger partial charge in [-0.2, -0.15) is 13.2 Å². The molecule has 1 amide bonds. The molecule has 3 heterocycles. The van der Waals surface area contributed by atoms with Gasteiger partial charge in [-0.15, -0.1) is 0 Å². The van der Waals surface area contributed by atoms with E-state index < -0.39 is 17.6 Å². The van der Waals surface area contributed by atoms with E-state index in [1.807, 2.05) is 14.0 Å². The van der Waals surface area contributed by atoms with Crippen LogP contribution in [0.3, 0.4) is 0 Å². The maximum Gasteiger partial charge on any atom is 0.416 e. The fourth-order valence-corrected chi connectivity index (χ4v) is 4.45. The van der Waals surface area contributed by atoms with Gasteiger partial charge in [0.1, 0.15) is 5.69 Å². The molecule has 0 spiro atoms. The quantitative estimate of drug-likeness (QED) is 0.394. The van der Waals surface area contributed by atoms with Crippen molar-refractivity contribution in [1.82, 2.24) is 24.2 Å². The molecule has 1 N–H and O–H groups in total. The summed E-state index contributed by atoms with van der Waals surface area (Å²) in [4.78, 5) is 25.7. The molecule has 10 heteroatoms.